The highest BCUT2D eigenvalue weighted by atomic mass is 79.9. The summed E-state index contributed by atoms with van der Waals surface area (Å²) in [5.74, 6) is 2.71. The molecule has 0 radical (unpaired) electrons. The van der Waals surface area contributed by atoms with Gasteiger partial charge in [-0.3, -0.25) is 5.10 Å². The van der Waals surface area contributed by atoms with Gasteiger partial charge in [-0.2, -0.15) is 10.1 Å². The summed E-state index contributed by atoms with van der Waals surface area (Å²) < 4.78 is 6.40. The Balaban J connectivity index is 1.42. The number of hydrogen-bond donors (Lipinski definition) is 3. The maximum Gasteiger partial charge on any atom is 0.224 e. The largest absolute Gasteiger partial charge is 0.376 e. The van der Waals surface area contributed by atoms with Crippen LogP contribution in [0, 0.1) is 0 Å². The van der Waals surface area contributed by atoms with Crippen molar-refractivity contribution in [3.63, 3.8) is 0 Å². The fraction of sp³-hybridized carbons (Fsp3) is 0.533. The van der Waals surface area contributed by atoms with Gasteiger partial charge in [-0.15, -0.1) is 0 Å². The van der Waals surface area contributed by atoms with Crippen molar-refractivity contribution in [3.05, 3.63) is 22.4 Å². The molecule has 8 heteroatoms. The van der Waals surface area contributed by atoms with E-state index >= 15 is 0 Å². The third-order valence-electron chi connectivity index (χ3n) is 4.12. The van der Waals surface area contributed by atoms with E-state index in [1.165, 1.54) is 18.5 Å². The van der Waals surface area contributed by atoms with Crippen LogP contribution in [0.4, 0.5) is 17.6 Å². The van der Waals surface area contributed by atoms with E-state index in [1.54, 1.807) is 6.20 Å². The minimum absolute atomic E-state index is 0.256. The molecule has 1 atom stereocenters. The number of anilines is 3. The number of ether oxygens (including phenoxy) is 1. The summed E-state index contributed by atoms with van der Waals surface area (Å²) in [4.78, 5) is 8.80. The van der Waals surface area contributed by atoms with E-state index in [9.17, 15) is 0 Å². The summed E-state index contributed by atoms with van der Waals surface area (Å²) >= 11 is 3.48. The molecule has 4 rings (SSSR count). The third-order valence-corrected chi connectivity index (χ3v) is 4.70. The number of rotatable bonds is 6. The lowest BCUT2D eigenvalue weighted by atomic mass is 10.2. The number of aromatic amines is 1. The summed E-state index contributed by atoms with van der Waals surface area (Å²) in [6.45, 7) is 1.58. The minimum Gasteiger partial charge on any atom is -0.376 e. The zero-order valence-electron chi connectivity index (χ0n) is 12.7. The number of nitrogens with one attached hydrogen (secondary N) is 3. The van der Waals surface area contributed by atoms with Gasteiger partial charge in [-0.25, -0.2) is 4.98 Å². The standard InChI is InChI=1S/C15H19BrN6O/c16-11-8-18-15(17-7-10-2-1-5-23-10)20-14(11)19-13-6-12(21-22-13)9-3-4-9/h6,8-10H,1-5,7H2,(H3,17,18,19,20,21,22). The van der Waals surface area contributed by atoms with Crippen LogP contribution in [0.5, 0.6) is 0 Å². The normalized spacial score (nSPS) is 20.7. The van der Waals surface area contributed by atoms with Crippen LogP contribution in [-0.2, 0) is 4.74 Å². The van der Waals surface area contributed by atoms with E-state index in [1.807, 2.05) is 6.07 Å². The molecule has 2 aromatic rings. The highest BCUT2D eigenvalue weighted by Crippen LogP contribution is 2.39. The van der Waals surface area contributed by atoms with E-state index < -0.39 is 0 Å². The minimum atomic E-state index is 0.256. The van der Waals surface area contributed by atoms with Crippen molar-refractivity contribution in [2.75, 3.05) is 23.8 Å². The molecule has 1 saturated heterocycles. The van der Waals surface area contributed by atoms with E-state index in [0.29, 0.717) is 17.7 Å². The lowest BCUT2D eigenvalue weighted by Gasteiger charge is -2.12. The topological polar surface area (TPSA) is 87.8 Å². The Morgan fingerprint density at radius 1 is 1.35 bits per heavy atom. The van der Waals surface area contributed by atoms with Crippen molar-refractivity contribution in [1.29, 1.82) is 0 Å². The quantitative estimate of drug-likeness (QED) is 0.715. The smallest absolute Gasteiger partial charge is 0.224 e. The first kappa shape index (κ1) is 14.9. The average Bonchev–Trinajstić information content (AvgIpc) is 3.08. The zero-order valence-corrected chi connectivity index (χ0v) is 14.3. The molecule has 1 aliphatic carbocycles. The summed E-state index contributed by atoms with van der Waals surface area (Å²) in [5, 5.41) is 13.8. The molecule has 2 fully saturated rings. The maximum absolute atomic E-state index is 5.60. The van der Waals surface area contributed by atoms with Crippen molar-refractivity contribution in [3.8, 4) is 0 Å². The van der Waals surface area contributed by atoms with E-state index in [2.05, 4.69) is 46.7 Å². The van der Waals surface area contributed by atoms with Crippen LogP contribution in [0.3, 0.4) is 0 Å². The van der Waals surface area contributed by atoms with Crippen molar-refractivity contribution in [2.24, 2.45) is 0 Å². The Labute approximate surface area is 142 Å². The lowest BCUT2D eigenvalue weighted by Crippen LogP contribution is -2.19. The summed E-state index contributed by atoms with van der Waals surface area (Å²) in [5.41, 5.74) is 1.19. The number of H-pyrrole nitrogens is 1. The average molecular weight is 379 g/mol. The summed E-state index contributed by atoms with van der Waals surface area (Å²) in [6.07, 6.45) is 6.70. The fourth-order valence-electron chi connectivity index (χ4n) is 2.68. The maximum atomic E-state index is 5.60. The molecule has 23 heavy (non-hydrogen) atoms. The molecule has 122 valence electrons. The second kappa shape index (κ2) is 6.45. The second-order valence-electron chi connectivity index (χ2n) is 6.01. The van der Waals surface area contributed by atoms with Gasteiger partial charge in [0.25, 0.3) is 0 Å². The molecule has 7 nitrogen and oxygen atoms in total. The van der Waals surface area contributed by atoms with Crippen LogP contribution in [0.25, 0.3) is 0 Å². The predicted molar refractivity (Wildman–Crippen MR) is 91.0 cm³/mol. The lowest BCUT2D eigenvalue weighted by molar-refractivity contribution is 0.120. The number of nitrogens with zero attached hydrogens (tertiary/aromatic N) is 3. The molecule has 0 amide bonds. The van der Waals surface area contributed by atoms with Crippen LogP contribution >= 0.6 is 15.9 Å². The molecule has 2 aliphatic rings. The summed E-state index contributed by atoms with van der Waals surface area (Å²) in [7, 11) is 0. The highest BCUT2D eigenvalue weighted by Gasteiger charge is 2.25. The van der Waals surface area contributed by atoms with Crippen molar-refractivity contribution in [2.45, 2.75) is 37.7 Å². The first-order valence-electron chi connectivity index (χ1n) is 7.98. The van der Waals surface area contributed by atoms with Gasteiger partial charge in [0, 0.05) is 37.0 Å². The van der Waals surface area contributed by atoms with E-state index in [4.69, 9.17) is 4.74 Å². The Bertz CT molecular complexity index is 680. The van der Waals surface area contributed by atoms with Crippen LogP contribution in [0.2, 0.25) is 0 Å². The highest BCUT2D eigenvalue weighted by molar-refractivity contribution is 9.10. The third kappa shape index (κ3) is 3.64. The SMILES string of the molecule is Brc1cnc(NCC2CCCO2)nc1Nc1cc(C2CC2)[nH]n1. The fourth-order valence-corrected chi connectivity index (χ4v) is 2.97. The second-order valence-corrected chi connectivity index (χ2v) is 6.87. The van der Waals surface area contributed by atoms with Crippen LogP contribution in [-0.4, -0.2) is 39.4 Å². The molecule has 2 aromatic heterocycles. The monoisotopic (exact) mass is 378 g/mol. The Morgan fingerprint density at radius 2 is 2.26 bits per heavy atom. The van der Waals surface area contributed by atoms with Gasteiger partial charge in [-0.05, 0) is 41.6 Å². The molecule has 0 spiro atoms. The van der Waals surface area contributed by atoms with Crippen LogP contribution < -0.4 is 10.6 Å². The van der Waals surface area contributed by atoms with Crippen LogP contribution in [0.1, 0.15) is 37.3 Å². The van der Waals surface area contributed by atoms with Gasteiger partial charge >= 0.3 is 0 Å². The zero-order chi connectivity index (χ0) is 15.6. The number of halogens is 1. The molecule has 1 unspecified atom stereocenters. The molecule has 3 heterocycles. The first-order valence-corrected chi connectivity index (χ1v) is 8.77. The molecule has 1 saturated carbocycles. The Hall–Kier alpha value is -1.67. The van der Waals surface area contributed by atoms with Gasteiger partial charge in [0.15, 0.2) is 11.6 Å². The molecule has 3 N–H and O–H groups in total. The van der Waals surface area contributed by atoms with Gasteiger partial charge in [-0.1, -0.05) is 0 Å². The van der Waals surface area contributed by atoms with Crippen molar-refractivity contribution in [1.82, 2.24) is 20.2 Å². The predicted octanol–water partition coefficient (Wildman–Crippen LogP) is 3.17. The molecule has 1 aliphatic heterocycles. The van der Waals surface area contributed by atoms with Gasteiger partial charge in [0.2, 0.25) is 5.95 Å². The van der Waals surface area contributed by atoms with Crippen molar-refractivity contribution >= 4 is 33.5 Å². The van der Waals surface area contributed by atoms with Crippen molar-refractivity contribution < 1.29 is 4.74 Å². The van der Waals surface area contributed by atoms with E-state index in [0.717, 1.165) is 36.3 Å². The van der Waals surface area contributed by atoms with Gasteiger partial charge < -0.3 is 15.4 Å². The Morgan fingerprint density at radius 3 is 3.04 bits per heavy atom. The molecule has 0 bridgehead atoms. The van der Waals surface area contributed by atoms with Gasteiger partial charge in [0.05, 0.1) is 10.6 Å². The molecule has 0 aromatic carbocycles. The molecular weight excluding hydrogens is 360 g/mol. The number of hydrogen-bond acceptors (Lipinski definition) is 6. The summed E-state index contributed by atoms with van der Waals surface area (Å²) in [6, 6.07) is 2.05. The number of aromatic nitrogens is 4. The first-order chi connectivity index (χ1) is 11.3. The van der Waals surface area contributed by atoms with Crippen LogP contribution in [0.15, 0.2) is 16.7 Å². The molecular formula is C15H19BrN6O. The van der Waals surface area contributed by atoms with Gasteiger partial charge in [0.1, 0.15) is 0 Å². The Kier molecular flexibility index (Phi) is 4.17. The van der Waals surface area contributed by atoms with E-state index in [-0.39, 0.29) is 6.10 Å².